The van der Waals surface area contributed by atoms with E-state index in [1.807, 2.05) is 25.1 Å². The molecule has 1 atom stereocenters. The van der Waals surface area contributed by atoms with Gasteiger partial charge in [0.1, 0.15) is 5.82 Å². The van der Waals surface area contributed by atoms with Gasteiger partial charge in [0.25, 0.3) is 0 Å². The van der Waals surface area contributed by atoms with E-state index in [4.69, 9.17) is 0 Å². The average molecular weight is 297 g/mol. The van der Waals surface area contributed by atoms with Crippen LogP contribution in [0.1, 0.15) is 24.1 Å². The summed E-state index contributed by atoms with van der Waals surface area (Å²) < 4.78 is 2.06. The fourth-order valence-corrected chi connectivity index (χ4v) is 2.74. The number of aromatic amines is 1. The van der Waals surface area contributed by atoms with Crippen LogP contribution < -0.4 is 5.32 Å². The number of aryl methyl sites for hydroxylation is 2. The van der Waals surface area contributed by atoms with E-state index >= 15 is 0 Å². The molecule has 0 aliphatic rings. The van der Waals surface area contributed by atoms with Crippen molar-refractivity contribution in [2.24, 2.45) is 0 Å². The third-order valence-electron chi connectivity index (χ3n) is 3.84. The highest BCUT2D eigenvalue weighted by Crippen LogP contribution is 2.10. The summed E-state index contributed by atoms with van der Waals surface area (Å²) in [6.07, 6.45) is 0.899. The quantitative estimate of drug-likeness (QED) is 0.735. The highest BCUT2D eigenvalue weighted by Gasteiger charge is 2.07. The standard InChI is InChI=1S/C17H23N5/c1-12-10-14(3)22(21-12)11-13(2)18-9-8-17-19-15-6-4-5-7-16(15)20-17/h4-7,10,13,18H,8-9,11H2,1-3H3,(H,19,20)/t13-/m1/s1. The largest absolute Gasteiger partial charge is 0.342 e. The predicted octanol–water partition coefficient (Wildman–Crippen LogP) is 2.60. The maximum absolute atomic E-state index is 4.60. The van der Waals surface area contributed by atoms with Crippen LogP contribution in [0, 0.1) is 13.8 Å². The summed E-state index contributed by atoms with van der Waals surface area (Å²) in [5, 5.41) is 8.04. The van der Waals surface area contributed by atoms with Gasteiger partial charge in [-0.2, -0.15) is 5.10 Å². The highest BCUT2D eigenvalue weighted by molar-refractivity contribution is 5.74. The Morgan fingerprint density at radius 1 is 1.27 bits per heavy atom. The molecule has 3 rings (SSSR count). The molecule has 0 amide bonds. The van der Waals surface area contributed by atoms with E-state index in [0.717, 1.165) is 42.1 Å². The summed E-state index contributed by atoms with van der Waals surface area (Å²) in [7, 11) is 0. The number of hydrogen-bond acceptors (Lipinski definition) is 3. The first-order valence-corrected chi connectivity index (χ1v) is 7.80. The maximum atomic E-state index is 4.60. The van der Waals surface area contributed by atoms with Crippen LogP contribution in [-0.2, 0) is 13.0 Å². The predicted molar refractivity (Wildman–Crippen MR) is 89.0 cm³/mol. The molecule has 0 fully saturated rings. The van der Waals surface area contributed by atoms with Crippen molar-refractivity contribution in [3.63, 3.8) is 0 Å². The molecule has 0 saturated heterocycles. The van der Waals surface area contributed by atoms with Crippen molar-refractivity contribution in [1.29, 1.82) is 0 Å². The van der Waals surface area contributed by atoms with Crippen LogP contribution in [0.4, 0.5) is 0 Å². The van der Waals surface area contributed by atoms with Crippen molar-refractivity contribution in [2.75, 3.05) is 6.54 Å². The Labute approximate surface area is 130 Å². The number of para-hydroxylation sites is 2. The van der Waals surface area contributed by atoms with Crippen molar-refractivity contribution in [2.45, 2.75) is 39.8 Å². The number of aromatic nitrogens is 4. The third-order valence-corrected chi connectivity index (χ3v) is 3.84. The fourth-order valence-electron chi connectivity index (χ4n) is 2.74. The Balaban J connectivity index is 1.51. The van der Waals surface area contributed by atoms with Gasteiger partial charge in [-0.25, -0.2) is 4.98 Å². The van der Waals surface area contributed by atoms with Crippen LogP contribution in [0.5, 0.6) is 0 Å². The number of nitrogens with one attached hydrogen (secondary N) is 2. The molecule has 2 aromatic heterocycles. The lowest BCUT2D eigenvalue weighted by Crippen LogP contribution is -2.32. The smallest absolute Gasteiger partial charge is 0.108 e. The SMILES string of the molecule is Cc1cc(C)n(C[C@@H](C)NCCc2nc3ccccc3[nH]2)n1. The minimum atomic E-state index is 0.377. The van der Waals surface area contributed by atoms with Crippen LogP contribution in [-0.4, -0.2) is 32.3 Å². The lowest BCUT2D eigenvalue weighted by Gasteiger charge is -2.14. The van der Waals surface area contributed by atoms with Crippen LogP contribution in [0.15, 0.2) is 30.3 Å². The molecule has 0 spiro atoms. The lowest BCUT2D eigenvalue weighted by atomic mass is 10.3. The maximum Gasteiger partial charge on any atom is 0.108 e. The van der Waals surface area contributed by atoms with Gasteiger partial charge in [0, 0.05) is 24.7 Å². The summed E-state index contributed by atoms with van der Waals surface area (Å²) in [4.78, 5) is 7.96. The van der Waals surface area contributed by atoms with E-state index in [9.17, 15) is 0 Å². The van der Waals surface area contributed by atoms with Crippen LogP contribution in [0.2, 0.25) is 0 Å². The normalized spacial score (nSPS) is 12.9. The van der Waals surface area contributed by atoms with E-state index in [2.05, 4.69) is 51.0 Å². The molecule has 0 bridgehead atoms. The Kier molecular flexibility index (Phi) is 4.24. The second kappa shape index (κ2) is 6.32. The van der Waals surface area contributed by atoms with Crippen molar-refractivity contribution in [3.05, 3.63) is 47.5 Å². The summed E-state index contributed by atoms with van der Waals surface area (Å²) in [5.74, 6) is 1.03. The number of rotatable bonds is 6. The molecule has 0 saturated carbocycles. The molecule has 2 heterocycles. The van der Waals surface area contributed by atoms with E-state index in [-0.39, 0.29) is 0 Å². The number of benzene rings is 1. The summed E-state index contributed by atoms with van der Waals surface area (Å²) in [5.41, 5.74) is 4.43. The van der Waals surface area contributed by atoms with E-state index in [1.54, 1.807) is 0 Å². The van der Waals surface area contributed by atoms with Crippen LogP contribution in [0.25, 0.3) is 11.0 Å². The van der Waals surface area contributed by atoms with Crippen LogP contribution in [0.3, 0.4) is 0 Å². The molecule has 0 radical (unpaired) electrons. The highest BCUT2D eigenvalue weighted by atomic mass is 15.3. The molecule has 116 valence electrons. The van der Waals surface area contributed by atoms with E-state index < -0.39 is 0 Å². The number of H-pyrrole nitrogens is 1. The molecule has 5 nitrogen and oxygen atoms in total. The molecule has 3 aromatic rings. The van der Waals surface area contributed by atoms with E-state index in [0.29, 0.717) is 6.04 Å². The number of hydrogen-bond donors (Lipinski definition) is 2. The van der Waals surface area contributed by atoms with Crippen molar-refractivity contribution >= 4 is 11.0 Å². The van der Waals surface area contributed by atoms with Crippen molar-refractivity contribution in [3.8, 4) is 0 Å². The number of nitrogens with zero attached hydrogens (tertiary/aromatic N) is 3. The van der Waals surface area contributed by atoms with Gasteiger partial charge in [-0.3, -0.25) is 4.68 Å². The minimum Gasteiger partial charge on any atom is -0.342 e. The molecule has 5 heteroatoms. The number of imidazole rings is 1. The molecular weight excluding hydrogens is 274 g/mol. The van der Waals surface area contributed by atoms with Gasteiger partial charge in [-0.15, -0.1) is 0 Å². The second-order valence-corrected chi connectivity index (χ2v) is 5.92. The first-order chi connectivity index (χ1) is 10.6. The van der Waals surface area contributed by atoms with Gasteiger partial charge < -0.3 is 10.3 Å². The lowest BCUT2D eigenvalue weighted by molar-refractivity contribution is 0.446. The molecule has 22 heavy (non-hydrogen) atoms. The first-order valence-electron chi connectivity index (χ1n) is 7.80. The topological polar surface area (TPSA) is 58.5 Å². The Morgan fingerprint density at radius 3 is 2.82 bits per heavy atom. The van der Waals surface area contributed by atoms with Gasteiger partial charge in [-0.1, -0.05) is 12.1 Å². The second-order valence-electron chi connectivity index (χ2n) is 5.92. The Bertz CT molecular complexity index is 722. The molecule has 0 aliphatic carbocycles. The average Bonchev–Trinajstić information content (AvgIpc) is 3.01. The molecular formula is C17H23N5. The molecule has 1 aromatic carbocycles. The van der Waals surface area contributed by atoms with Gasteiger partial charge >= 0.3 is 0 Å². The zero-order valence-corrected chi connectivity index (χ0v) is 13.4. The zero-order valence-electron chi connectivity index (χ0n) is 13.4. The van der Waals surface area contributed by atoms with Gasteiger partial charge in [0.2, 0.25) is 0 Å². The first kappa shape index (κ1) is 14.8. The summed E-state index contributed by atoms with van der Waals surface area (Å²) >= 11 is 0. The van der Waals surface area contributed by atoms with Crippen molar-refractivity contribution < 1.29 is 0 Å². The fraction of sp³-hybridized carbons (Fsp3) is 0.412. The Hall–Kier alpha value is -2.14. The van der Waals surface area contributed by atoms with Crippen LogP contribution >= 0.6 is 0 Å². The van der Waals surface area contributed by atoms with Crippen molar-refractivity contribution in [1.82, 2.24) is 25.1 Å². The monoisotopic (exact) mass is 297 g/mol. The van der Waals surface area contributed by atoms with Gasteiger partial charge in [0.05, 0.1) is 23.3 Å². The summed E-state index contributed by atoms with van der Waals surface area (Å²) in [6, 6.07) is 10.6. The molecule has 0 aliphatic heterocycles. The van der Waals surface area contributed by atoms with Gasteiger partial charge in [0.15, 0.2) is 0 Å². The molecule has 2 N–H and O–H groups in total. The van der Waals surface area contributed by atoms with Gasteiger partial charge in [-0.05, 0) is 39.0 Å². The minimum absolute atomic E-state index is 0.377. The zero-order chi connectivity index (χ0) is 15.5. The van der Waals surface area contributed by atoms with E-state index in [1.165, 1.54) is 5.69 Å². The third kappa shape index (κ3) is 3.36. The number of fused-ring (bicyclic) bond motifs is 1. The Morgan fingerprint density at radius 2 is 2.09 bits per heavy atom. The summed E-state index contributed by atoms with van der Waals surface area (Å²) in [6.45, 7) is 8.11. The molecule has 0 unspecified atom stereocenters.